The second-order valence-corrected chi connectivity index (χ2v) is 17.9. The lowest BCUT2D eigenvalue weighted by Gasteiger charge is -2.63. The van der Waals surface area contributed by atoms with Gasteiger partial charge in [-0.25, -0.2) is 9.00 Å². The van der Waals surface area contributed by atoms with E-state index < -0.39 is 11.0 Å². The summed E-state index contributed by atoms with van der Waals surface area (Å²) in [6, 6.07) is 7.45. The largest absolute Gasteiger partial charge is 0.393 e. The lowest BCUT2D eigenvalue weighted by atomic mass is 9.42. The maximum absolute atomic E-state index is 13.0. The minimum Gasteiger partial charge on any atom is -0.393 e. The number of amides is 2. The number of carbonyl (C=O) groups excluding carboxylic acids is 1. The van der Waals surface area contributed by atoms with E-state index in [0.717, 1.165) is 42.9 Å². The molecule has 0 bridgehead atoms. The van der Waals surface area contributed by atoms with Crippen molar-refractivity contribution in [1.29, 1.82) is 0 Å². The fourth-order valence-corrected chi connectivity index (χ4v) is 11.7. The zero-order valence-electron chi connectivity index (χ0n) is 28.3. The van der Waals surface area contributed by atoms with Gasteiger partial charge in [-0.2, -0.15) is 0 Å². The van der Waals surface area contributed by atoms with Crippen LogP contribution >= 0.6 is 0 Å². The Morgan fingerprint density at radius 1 is 1.02 bits per heavy atom. The average Bonchev–Trinajstić information content (AvgIpc) is 3.32. The van der Waals surface area contributed by atoms with Gasteiger partial charge in [-0.1, -0.05) is 67.0 Å². The summed E-state index contributed by atoms with van der Waals surface area (Å²) in [6.07, 6.45) is 12.1. The molecule has 5 rings (SSSR count). The van der Waals surface area contributed by atoms with Crippen molar-refractivity contribution in [3.63, 3.8) is 0 Å². The van der Waals surface area contributed by atoms with Gasteiger partial charge in [0.25, 0.3) is 0 Å². The number of carbonyl (C=O) groups is 1. The van der Waals surface area contributed by atoms with E-state index in [1.165, 1.54) is 50.5 Å². The molecule has 0 aliphatic heterocycles. The molecule has 2 N–H and O–H groups in total. The molecular formula is C37H60N2O3S. The molecule has 0 aromatic heterocycles. The van der Waals surface area contributed by atoms with Crippen LogP contribution in [0.15, 0.2) is 29.2 Å². The number of hydrogen-bond donors (Lipinski definition) is 2. The summed E-state index contributed by atoms with van der Waals surface area (Å²) in [6.45, 7) is 17.2. The van der Waals surface area contributed by atoms with Gasteiger partial charge in [-0.3, -0.25) is 4.72 Å². The Labute approximate surface area is 264 Å². The van der Waals surface area contributed by atoms with Crippen LogP contribution in [0, 0.1) is 52.3 Å². The minimum absolute atomic E-state index is 0.0331. The molecule has 0 saturated heterocycles. The highest BCUT2D eigenvalue weighted by atomic mass is 32.2. The number of fused-ring (bicyclic) bond motifs is 5. The Morgan fingerprint density at radius 3 is 2.33 bits per heavy atom. The smallest absolute Gasteiger partial charge is 0.329 e. The Bertz CT molecular complexity index is 1160. The Balaban J connectivity index is 1.18. The third-order valence-electron chi connectivity index (χ3n) is 13.5. The molecule has 4 aliphatic rings. The van der Waals surface area contributed by atoms with E-state index in [-0.39, 0.29) is 17.6 Å². The van der Waals surface area contributed by atoms with Crippen molar-refractivity contribution in [3.05, 3.63) is 29.8 Å². The summed E-state index contributed by atoms with van der Waals surface area (Å²) in [7, 11) is 0.261. The highest BCUT2D eigenvalue weighted by Crippen LogP contribution is 2.69. The summed E-state index contributed by atoms with van der Waals surface area (Å²) < 4.78 is 15.6. The zero-order chi connectivity index (χ0) is 31.3. The molecule has 4 aliphatic carbocycles. The number of benzene rings is 1. The van der Waals surface area contributed by atoms with Crippen LogP contribution in [-0.4, -0.2) is 39.9 Å². The van der Waals surface area contributed by atoms with Crippen LogP contribution < -0.4 is 4.72 Å². The van der Waals surface area contributed by atoms with Crippen LogP contribution in [0.5, 0.6) is 0 Å². The van der Waals surface area contributed by atoms with Gasteiger partial charge in [0.15, 0.2) is 11.0 Å². The van der Waals surface area contributed by atoms with E-state index in [4.69, 9.17) is 0 Å². The van der Waals surface area contributed by atoms with Crippen LogP contribution in [0.3, 0.4) is 0 Å². The predicted molar refractivity (Wildman–Crippen MR) is 177 cm³/mol. The first-order chi connectivity index (χ1) is 20.2. The number of nitrogens with zero attached hydrogens (tertiary/aromatic N) is 1. The quantitative estimate of drug-likeness (QED) is 0.325. The zero-order valence-corrected chi connectivity index (χ0v) is 29.1. The van der Waals surface area contributed by atoms with Gasteiger partial charge < -0.3 is 10.0 Å². The number of nitrogens with one attached hydrogen (secondary N) is 1. The maximum atomic E-state index is 13.0. The third-order valence-corrected chi connectivity index (χ3v) is 14.5. The summed E-state index contributed by atoms with van der Waals surface area (Å²) in [5.74, 6) is 5.17. The number of hydrogen-bond acceptors (Lipinski definition) is 3. The maximum Gasteiger partial charge on any atom is 0.329 e. The second-order valence-electron chi connectivity index (χ2n) is 16.7. The lowest BCUT2D eigenvalue weighted by molar-refractivity contribution is -0.152. The first kappa shape index (κ1) is 33.0. The van der Waals surface area contributed by atoms with E-state index >= 15 is 0 Å². The standard InChI is InChI=1S/C37H60N2O3S/c1-9-25-22-29-31-15-14-30(36(31,6)20-17-32(29)37(7)19-16-27(40)23-33(25)37)24(2)18-21-39(8)34(41)38-43(42)28-12-10-26(11-13-28)35(3,4)5/h10-13,24-25,27,29-33,40H,9,14-23H2,1-8H3,(H,38,41)/t24-,25+,27-,29?,30?,31+,32+,33?,36?,37?,43?/m1/s1. The summed E-state index contributed by atoms with van der Waals surface area (Å²) >= 11 is 0. The van der Waals surface area contributed by atoms with Crippen molar-refractivity contribution in [2.45, 2.75) is 129 Å². The molecule has 4 saturated carbocycles. The van der Waals surface area contributed by atoms with Gasteiger partial charge in [0.2, 0.25) is 0 Å². The van der Waals surface area contributed by atoms with Crippen LogP contribution in [0.2, 0.25) is 0 Å². The SMILES string of the molecule is CC[C@H]1CC2[C@H](CCC3(C)C([C@H](C)CCN(C)C(=O)NS(=O)c4ccc(C(C)(C)C)cc4)CC[C@@H]23)C2(C)CC[C@@H](O)CC12. The monoisotopic (exact) mass is 612 g/mol. The van der Waals surface area contributed by atoms with Crippen molar-refractivity contribution in [3.8, 4) is 0 Å². The summed E-state index contributed by atoms with van der Waals surface area (Å²) in [5.41, 5.74) is 2.00. The van der Waals surface area contributed by atoms with Gasteiger partial charge in [0.05, 0.1) is 11.0 Å². The molecule has 1 aromatic rings. The fourth-order valence-electron chi connectivity index (χ4n) is 10.9. The summed E-state index contributed by atoms with van der Waals surface area (Å²) in [5, 5.41) is 10.6. The van der Waals surface area contributed by atoms with E-state index in [2.05, 4.69) is 53.2 Å². The second kappa shape index (κ2) is 12.4. The molecule has 4 fully saturated rings. The molecule has 242 valence electrons. The third kappa shape index (κ3) is 6.22. The van der Waals surface area contributed by atoms with E-state index in [0.29, 0.717) is 40.0 Å². The van der Waals surface area contributed by atoms with Crippen LogP contribution in [0.1, 0.15) is 118 Å². The molecule has 0 heterocycles. The van der Waals surface area contributed by atoms with Crippen molar-refractivity contribution in [1.82, 2.24) is 9.62 Å². The highest BCUT2D eigenvalue weighted by Gasteiger charge is 2.62. The van der Waals surface area contributed by atoms with Crippen LogP contribution in [-0.2, 0) is 16.4 Å². The Hall–Kier alpha value is -1.40. The van der Waals surface area contributed by atoms with E-state index in [9.17, 15) is 14.1 Å². The Morgan fingerprint density at radius 2 is 1.67 bits per heavy atom. The van der Waals surface area contributed by atoms with Crippen molar-refractivity contribution < 1.29 is 14.1 Å². The number of aliphatic hydroxyl groups excluding tert-OH is 1. The molecular weight excluding hydrogens is 552 g/mol. The summed E-state index contributed by atoms with van der Waals surface area (Å²) in [4.78, 5) is 15.3. The topological polar surface area (TPSA) is 69.6 Å². The van der Waals surface area contributed by atoms with Crippen LogP contribution in [0.25, 0.3) is 0 Å². The number of rotatable bonds is 7. The normalized spacial score (nSPS) is 38.8. The molecule has 0 radical (unpaired) electrons. The minimum atomic E-state index is -1.57. The molecule has 43 heavy (non-hydrogen) atoms. The molecule has 1 aromatic carbocycles. The predicted octanol–water partition coefficient (Wildman–Crippen LogP) is 8.33. The van der Waals surface area contributed by atoms with E-state index in [1.54, 1.807) is 4.90 Å². The molecule has 0 spiro atoms. The number of urea groups is 1. The average molecular weight is 613 g/mol. The molecule has 6 unspecified atom stereocenters. The van der Waals surface area contributed by atoms with Gasteiger partial charge in [-0.15, -0.1) is 0 Å². The van der Waals surface area contributed by atoms with Crippen molar-refractivity contribution >= 4 is 17.0 Å². The van der Waals surface area contributed by atoms with E-state index in [1.807, 2.05) is 31.3 Å². The Kier molecular flexibility index (Phi) is 9.52. The molecule has 2 amide bonds. The van der Waals surface area contributed by atoms with Gasteiger partial charge in [-0.05, 0) is 133 Å². The molecule has 5 nitrogen and oxygen atoms in total. The van der Waals surface area contributed by atoms with Crippen LogP contribution in [0.4, 0.5) is 4.79 Å². The molecule has 6 heteroatoms. The lowest BCUT2D eigenvalue weighted by Crippen LogP contribution is -2.56. The van der Waals surface area contributed by atoms with Crippen molar-refractivity contribution in [2.24, 2.45) is 52.3 Å². The van der Waals surface area contributed by atoms with Gasteiger partial charge in [0.1, 0.15) is 0 Å². The van der Waals surface area contributed by atoms with Gasteiger partial charge in [0, 0.05) is 13.6 Å². The first-order valence-corrected chi connectivity index (χ1v) is 18.6. The highest BCUT2D eigenvalue weighted by molar-refractivity contribution is 7.83. The number of aliphatic hydroxyl groups is 1. The van der Waals surface area contributed by atoms with Crippen molar-refractivity contribution in [2.75, 3.05) is 13.6 Å². The fraction of sp³-hybridized carbons (Fsp3) is 0.811. The first-order valence-electron chi connectivity index (χ1n) is 17.4. The van der Waals surface area contributed by atoms with Gasteiger partial charge >= 0.3 is 6.03 Å². The molecule has 11 atom stereocenters.